The highest BCUT2D eigenvalue weighted by Crippen LogP contribution is 1.75. The van der Waals surface area contributed by atoms with Gasteiger partial charge in [-0.1, -0.05) is 6.92 Å². The van der Waals surface area contributed by atoms with Crippen molar-refractivity contribution in [2.45, 2.75) is 19.3 Å². The molecule has 4 heteroatoms. The van der Waals surface area contributed by atoms with Crippen LogP contribution < -0.4 is 5.32 Å². The van der Waals surface area contributed by atoms with Crippen LogP contribution >= 0.6 is 0 Å². The number of carbonyl (C=O) groups is 2. The lowest BCUT2D eigenvalue weighted by atomic mass is 9.98. The molecule has 9 heavy (non-hydrogen) atoms. The lowest BCUT2D eigenvalue weighted by Gasteiger charge is -2.03. The van der Waals surface area contributed by atoms with Crippen LogP contribution in [0.3, 0.4) is 0 Å². The molecular weight excluding hydrogens is 117 g/mol. The van der Waals surface area contributed by atoms with E-state index in [2.05, 4.69) is 5.32 Å². The monoisotopic (exact) mass is 127 g/mol. The van der Waals surface area contributed by atoms with E-state index in [4.69, 9.17) is 0 Å². The van der Waals surface area contributed by atoms with Crippen LogP contribution in [-0.4, -0.2) is 26.0 Å². The number of carbonyl (C=O) groups excluding carboxylic acids is 2. The van der Waals surface area contributed by atoms with Crippen molar-refractivity contribution in [1.82, 2.24) is 5.32 Å². The summed E-state index contributed by atoms with van der Waals surface area (Å²) >= 11 is 0. The Morgan fingerprint density at radius 2 is 2.44 bits per heavy atom. The second-order valence-electron chi connectivity index (χ2n) is 1.85. The lowest BCUT2D eigenvalue weighted by Crippen LogP contribution is -2.35. The molecule has 0 aromatic carbocycles. The summed E-state index contributed by atoms with van der Waals surface area (Å²) in [5.74, 6) is -0.438. The second-order valence-corrected chi connectivity index (χ2v) is 1.85. The Labute approximate surface area is 55.2 Å². The quantitative estimate of drug-likeness (QED) is 0.377. The van der Waals surface area contributed by atoms with Gasteiger partial charge in [0.15, 0.2) is 0 Å². The Kier molecular flexibility index (Phi) is 3.76. The van der Waals surface area contributed by atoms with Crippen LogP contribution in [0.2, 0.25) is 0 Å². The van der Waals surface area contributed by atoms with Crippen LogP contribution in [0.5, 0.6) is 0 Å². The minimum atomic E-state index is -0.350. The Bertz CT molecular complexity index is 116. The van der Waals surface area contributed by atoms with E-state index < -0.39 is 0 Å². The number of aldehydes is 1. The number of hydrogen-bond acceptors (Lipinski definition) is 2. The first-order valence-corrected chi connectivity index (χ1v) is 2.95. The van der Waals surface area contributed by atoms with Crippen molar-refractivity contribution in [3.8, 4) is 0 Å². The predicted octanol–water partition coefficient (Wildman–Crippen LogP) is -1.33. The molecule has 0 rings (SSSR count). The summed E-state index contributed by atoms with van der Waals surface area (Å²) in [6.07, 6.45) is 1.13. The summed E-state index contributed by atoms with van der Waals surface area (Å²) < 4.78 is 0. The van der Waals surface area contributed by atoms with Gasteiger partial charge in [-0.2, -0.15) is 0 Å². The third-order valence-corrected chi connectivity index (χ3v) is 0.914. The molecule has 0 aliphatic heterocycles. The maximum atomic E-state index is 10.5. The van der Waals surface area contributed by atoms with Crippen molar-refractivity contribution in [2.75, 3.05) is 0 Å². The smallest absolute Gasteiger partial charge is 0.219 e. The third-order valence-electron chi connectivity index (χ3n) is 0.914. The average molecular weight is 127 g/mol. The number of rotatable bonds is 3. The highest BCUT2D eigenvalue weighted by Gasteiger charge is 2.01. The van der Waals surface area contributed by atoms with Gasteiger partial charge in [0.2, 0.25) is 5.91 Å². The van der Waals surface area contributed by atoms with E-state index in [0.717, 1.165) is 0 Å². The van der Waals surface area contributed by atoms with Gasteiger partial charge in [0, 0.05) is 6.42 Å². The van der Waals surface area contributed by atoms with Crippen LogP contribution in [0.1, 0.15) is 13.3 Å². The molecule has 0 saturated heterocycles. The Balaban J connectivity index is 3.46. The fraction of sp³-hybridized carbons (Fsp3) is 0.600. The first-order valence-electron chi connectivity index (χ1n) is 2.95. The van der Waals surface area contributed by atoms with Gasteiger partial charge in [0.25, 0.3) is 0 Å². The molecular formula is C5H10BNO2. The highest BCUT2D eigenvalue weighted by atomic mass is 16.2. The summed E-state index contributed by atoms with van der Waals surface area (Å²) in [7, 11) is 1.64. The maximum Gasteiger partial charge on any atom is 0.219 e. The van der Waals surface area contributed by atoms with E-state index in [0.29, 0.717) is 12.7 Å². The van der Waals surface area contributed by atoms with Crippen molar-refractivity contribution in [2.24, 2.45) is 0 Å². The minimum Gasteiger partial charge on any atom is -0.354 e. The van der Waals surface area contributed by atoms with Crippen LogP contribution in [0.25, 0.3) is 0 Å². The topological polar surface area (TPSA) is 46.2 Å². The summed E-state index contributed by atoms with van der Waals surface area (Å²) in [6, 6.07) is 0. The Hall–Kier alpha value is -0.795. The molecule has 1 atom stereocenters. The van der Waals surface area contributed by atoms with Gasteiger partial charge in [0.05, 0.1) is 5.94 Å². The SMILES string of the molecule is BC(C=O)NC(=O)CC. The summed E-state index contributed by atoms with van der Waals surface area (Å²) in [5, 5.41) is 2.47. The largest absolute Gasteiger partial charge is 0.354 e. The van der Waals surface area contributed by atoms with Gasteiger partial charge in [-0.15, -0.1) is 0 Å². The molecule has 0 aliphatic rings. The van der Waals surface area contributed by atoms with Gasteiger partial charge in [-0.05, 0) is 0 Å². The van der Waals surface area contributed by atoms with E-state index in [-0.39, 0.29) is 11.8 Å². The van der Waals surface area contributed by atoms with E-state index in [1.165, 1.54) is 0 Å². The molecule has 0 bridgehead atoms. The zero-order valence-electron chi connectivity index (χ0n) is 5.68. The highest BCUT2D eigenvalue weighted by molar-refractivity contribution is 6.21. The summed E-state index contributed by atoms with van der Waals surface area (Å²) in [5.41, 5.74) is 0. The number of hydrogen-bond donors (Lipinski definition) is 1. The summed E-state index contributed by atoms with van der Waals surface area (Å²) in [6.45, 7) is 1.74. The third kappa shape index (κ3) is 3.76. The van der Waals surface area contributed by atoms with E-state index in [1.54, 1.807) is 14.8 Å². The molecule has 0 aromatic rings. The van der Waals surface area contributed by atoms with Gasteiger partial charge in [-0.3, -0.25) is 4.79 Å². The molecule has 50 valence electrons. The number of nitrogens with one attached hydrogen (secondary N) is 1. The first-order chi connectivity index (χ1) is 4.20. The molecule has 0 aromatic heterocycles. The molecule has 1 N–H and O–H groups in total. The predicted molar refractivity (Wildman–Crippen MR) is 36.8 cm³/mol. The lowest BCUT2D eigenvalue weighted by molar-refractivity contribution is -0.122. The van der Waals surface area contributed by atoms with E-state index in [1.807, 2.05) is 0 Å². The van der Waals surface area contributed by atoms with Gasteiger partial charge < -0.3 is 10.1 Å². The van der Waals surface area contributed by atoms with Crippen molar-refractivity contribution < 1.29 is 9.59 Å². The van der Waals surface area contributed by atoms with Crippen molar-refractivity contribution >= 4 is 20.0 Å². The molecule has 0 saturated carbocycles. The molecule has 1 unspecified atom stereocenters. The van der Waals surface area contributed by atoms with Crippen molar-refractivity contribution in [3.63, 3.8) is 0 Å². The number of amides is 1. The Morgan fingerprint density at radius 1 is 1.89 bits per heavy atom. The van der Waals surface area contributed by atoms with Crippen LogP contribution in [0.15, 0.2) is 0 Å². The molecule has 1 amide bonds. The van der Waals surface area contributed by atoms with Gasteiger partial charge in [-0.25, -0.2) is 0 Å². The molecule has 0 spiro atoms. The molecule has 0 heterocycles. The van der Waals surface area contributed by atoms with Gasteiger partial charge in [0.1, 0.15) is 14.1 Å². The zero-order chi connectivity index (χ0) is 7.28. The fourth-order valence-electron chi connectivity index (χ4n) is 0.390. The van der Waals surface area contributed by atoms with Crippen molar-refractivity contribution in [1.29, 1.82) is 0 Å². The van der Waals surface area contributed by atoms with Crippen LogP contribution in [0.4, 0.5) is 0 Å². The molecule has 0 radical (unpaired) electrons. The zero-order valence-corrected chi connectivity index (χ0v) is 5.68. The van der Waals surface area contributed by atoms with Crippen molar-refractivity contribution in [3.05, 3.63) is 0 Å². The average Bonchev–Trinajstić information content (AvgIpc) is 1.87. The molecule has 3 nitrogen and oxygen atoms in total. The van der Waals surface area contributed by atoms with Crippen LogP contribution in [0, 0.1) is 0 Å². The van der Waals surface area contributed by atoms with Crippen LogP contribution in [-0.2, 0) is 9.59 Å². The van der Waals surface area contributed by atoms with Gasteiger partial charge >= 0.3 is 0 Å². The second kappa shape index (κ2) is 4.12. The minimum absolute atomic E-state index is 0.0883. The fourth-order valence-corrected chi connectivity index (χ4v) is 0.390. The van der Waals surface area contributed by atoms with E-state index >= 15 is 0 Å². The summed E-state index contributed by atoms with van der Waals surface area (Å²) in [4.78, 5) is 20.5. The van der Waals surface area contributed by atoms with E-state index in [9.17, 15) is 9.59 Å². The Morgan fingerprint density at radius 3 is 2.78 bits per heavy atom. The molecule has 0 aliphatic carbocycles. The standard InChI is InChI=1S/C5H10BNO2/c1-2-5(9)7-4(6)3-8/h3-4H,2,6H2,1H3,(H,7,9). The normalized spacial score (nSPS) is 12.1. The maximum absolute atomic E-state index is 10.5. The first kappa shape index (κ1) is 8.20. The molecule has 0 fully saturated rings.